The summed E-state index contributed by atoms with van der Waals surface area (Å²) < 4.78 is 6.90. The predicted molar refractivity (Wildman–Crippen MR) is 84.9 cm³/mol. The van der Waals surface area contributed by atoms with E-state index in [1.54, 1.807) is 12.1 Å². The van der Waals surface area contributed by atoms with Gasteiger partial charge in [-0.05, 0) is 12.1 Å². The van der Waals surface area contributed by atoms with Crippen molar-refractivity contribution < 1.29 is 24.5 Å². The molecule has 0 spiro atoms. The van der Waals surface area contributed by atoms with Gasteiger partial charge in [0.15, 0.2) is 0 Å². The Balaban J connectivity index is 1.87. The molecule has 1 aromatic carbocycles. The number of aromatic hydroxyl groups is 1. The van der Waals surface area contributed by atoms with Crippen LogP contribution in [0.3, 0.4) is 0 Å². The molecule has 4 unspecified atom stereocenters. The number of carboxylic acids is 1. The number of hydrogen-bond acceptors (Lipinski definition) is 4. The van der Waals surface area contributed by atoms with E-state index < -0.39 is 35.9 Å². The summed E-state index contributed by atoms with van der Waals surface area (Å²) in [4.78, 5) is 24.0. The van der Waals surface area contributed by atoms with Crippen LogP contribution in [0.4, 0.5) is 5.69 Å². The number of amides is 1. The summed E-state index contributed by atoms with van der Waals surface area (Å²) in [6.45, 7) is 0. The highest BCUT2D eigenvalue weighted by molar-refractivity contribution is 9.14. The Morgan fingerprint density at radius 3 is 2.36 bits per heavy atom. The molecule has 6 nitrogen and oxygen atoms in total. The van der Waals surface area contributed by atoms with Crippen molar-refractivity contribution >= 4 is 49.4 Å². The highest BCUT2D eigenvalue weighted by Crippen LogP contribution is 2.51. The summed E-state index contributed by atoms with van der Waals surface area (Å²) in [5.74, 6) is -3.33. The molecule has 4 atom stereocenters. The van der Waals surface area contributed by atoms with Gasteiger partial charge in [0.25, 0.3) is 0 Å². The highest BCUT2D eigenvalue weighted by atomic mass is 79.9. The Labute approximate surface area is 142 Å². The first kappa shape index (κ1) is 15.5. The minimum atomic E-state index is -1.08. The quantitative estimate of drug-likeness (QED) is 0.681. The number of phenolic OH excluding ortho intramolecular Hbond substituents is 1. The van der Waals surface area contributed by atoms with Crippen molar-refractivity contribution in [2.45, 2.75) is 12.2 Å². The number of carboxylic acid groups (broad SMARTS) is 1. The van der Waals surface area contributed by atoms with Crippen LogP contribution in [0.1, 0.15) is 0 Å². The molecule has 22 heavy (non-hydrogen) atoms. The third-order valence-electron chi connectivity index (χ3n) is 3.76. The van der Waals surface area contributed by atoms with Gasteiger partial charge in [-0.2, -0.15) is 0 Å². The molecule has 3 N–H and O–H groups in total. The Kier molecular flexibility index (Phi) is 4.00. The fourth-order valence-corrected chi connectivity index (χ4v) is 4.04. The number of phenols is 1. The van der Waals surface area contributed by atoms with Gasteiger partial charge < -0.3 is 20.3 Å². The minimum absolute atomic E-state index is 0.0144. The molecule has 2 aliphatic heterocycles. The molecule has 1 fully saturated rings. The number of nitrogens with one attached hydrogen (secondary N) is 1. The molecule has 0 saturated carbocycles. The second-order valence-corrected chi connectivity index (χ2v) is 6.81. The average Bonchev–Trinajstić information content (AvgIpc) is 2.97. The molecule has 0 aliphatic carbocycles. The Hall–Kier alpha value is -1.38. The third-order valence-corrected chi connectivity index (χ3v) is 6.05. The third kappa shape index (κ3) is 2.45. The number of carbonyl (C=O) groups is 2. The van der Waals surface area contributed by atoms with Crippen LogP contribution in [0.15, 0.2) is 33.2 Å². The Morgan fingerprint density at radius 1 is 1.14 bits per heavy atom. The summed E-state index contributed by atoms with van der Waals surface area (Å²) in [5, 5.41) is 21.5. The molecule has 1 saturated heterocycles. The van der Waals surface area contributed by atoms with Crippen molar-refractivity contribution in [2.24, 2.45) is 11.8 Å². The molecular weight excluding hydrogens is 422 g/mol. The van der Waals surface area contributed by atoms with E-state index >= 15 is 0 Å². The lowest BCUT2D eigenvalue weighted by Crippen LogP contribution is -2.40. The van der Waals surface area contributed by atoms with Crippen molar-refractivity contribution in [2.75, 3.05) is 5.32 Å². The van der Waals surface area contributed by atoms with Crippen molar-refractivity contribution in [3.63, 3.8) is 0 Å². The van der Waals surface area contributed by atoms with E-state index in [1.165, 1.54) is 12.1 Å². The molecule has 2 heterocycles. The molecule has 0 aromatic heterocycles. The van der Waals surface area contributed by atoms with Gasteiger partial charge in [-0.15, -0.1) is 0 Å². The van der Waals surface area contributed by atoms with Crippen LogP contribution in [0.25, 0.3) is 0 Å². The summed E-state index contributed by atoms with van der Waals surface area (Å²) >= 11 is 6.64. The minimum Gasteiger partial charge on any atom is -0.508 e. The van der Waals surface area contributed by atoms with E-state index in [0.29, 0.717) is 14.7 Å². The van der Waals surface area contributed by atoms with Crippen LogP contribution in [-0.2, 0) is 14.3 Å². The first-order chi connectivity index (χ1) is 10.4. The fraction of sp³-hybridized carbons (Fsp3) is 0.286. The zero-order chi connectivity index (χ0) is 16.0. The largest absolute Gasteiger partial charge is 0.508 e. The van der Waals surface area contributed by atoms with Gasteiger partial charge in [0, 0.05) is 20.7 Å². The first-order valence-electron chi connectivity index (χ1n) is 6.43. The van der Waals surface area contributed by atoms with E-state index in [4.69, 9.17) is 4.74 Å². The number of rotatable bonds is 3. The number of halogens is 2. The van der Waals surface area contributed by atoms with Gasteiger partial charge in [-0.25, -0.2) is 0 Å². The van der Waals surface area contributed by atoms with E-state index in [-0.39, 0.29) is 5.75 Å². The number of ether oxygens (including phenoxy) is 1. The van der Waals surface area contributed by atoms with Crippen LogP contribution < -0.4 is 5.32 Å². The first-order valence-corrected chi connectivity index (χ1v) is 8.02. The lowest BCUT2D eigenvalue weighted by molar-refractivity contribution is -0.146. The second-order valence-electron chi connectivity index (χ2n) is 5.10. The van der Waals surface area contributed by atoms with Gasteiger partial charge in [0.05, 0.1) is 5.92 Å². The summed E-state index contributed by atoms with van der Waals surface area (Å²) in [7, 11) is 0. The number of carbonyl (C=O) groups excluding carboxylic acids is 1. The van der Waals surface area contributed by atoms with E-state index in [9.17, 15) is 19.8 Å². The zero-order valence-corrected chi connectivity index (χ0v) is 14.2. The second kappa shape index (κ2) is 5.68. The smallest absolute Gasteiger partial charge is 0.310 e. The lowest BCUT2D eigenvalue weighted by atomic mass is 9.82. The number of anilines is 1. The van der Waals surface area contributed by atoms with Crippen molar-refractivity contribution in [1.29, 1.82) is 0 Å². The molecule has 116 valence electrons. The van der Waals surface area contributed by atoms with Gasteiger partial charge in [-0.3, -0.25) is 9.59 Å². The monoisotopic (exact) mass is 431 g/mol. The van der Waals surface area contributed by atoms with E-state index in [1.807, 2.05) is 0 Å². The van der Waals surface area contributed by atoms with Crippen LogP contribution in [0.5, 0.6) is 5.75 Å². The summed E-state index contributed by atoms with van der Waals surface area (Å²) in [6.07, 6.45) is -1.30. The number of aliphatic carboxylic acids is 1. The van der Waals surface area contributed by atoms with Gasteiger partial charge in [0.1, 0.15) is 23.9 Å². The van der Waals surface area contributed by atoms with Gasteiger partial charge in [0.2, 0.25) is 5.91 Å². The molecule has 0 radical (unpaired) electrons. The maximum atomic E-state index is 12.5. The number of hydrogen-bond donors (Lipinski definition) is 3. The SMILES string of the molecule is O=C(O)C1C2OC(C(Br)=C2Br)C1C(=O)Nc1cccc(O)c1. The van der Waals surface area contributed by atoms with Crippen LogP contribution in [-0.4, -0.2) is 34.3 Å². The number of benzene rings is 1. The molecule has 8 heteroatoms. The Morgan fingerprint density at radius 2 is 1.77 bits per heavy atom. The fourth-order valence-electron chi connectivity index (χ4n) is 2.80. The topological polar surface area (TPSA) is 95.9 Å². The summed E-state index contributed by atoms with van der Waals surface area (Å²) in [5.41, 5.74) is 0.399. The predicted octanol–water partition coefficient (Wildman–Crippen LogP) is 2.43. The highest BCUT2D eigenvalue weighted by Gasteiger charge is 2.58. The molecule has 2 bridgehead atoms. The molecule has 1 amide bonds. The standard InChI is InChI=1S/C14H11Br2NO5/c15-9-10(16)12-8(14(20)21)7(11(9)22-12)13(19)17-5-2-1-3-6(18)4-5/h1-4,7-8,11-12,18H,(H,17,19)(H,20,21). The Bertz CT molecular complexity index is 690. The summed E-state index contributed by atoms with van der Waals surface area (Å²) in [6, 6.07) is 6.07. The lowest BCUT2D eigenvalue weighted by Gasteiger charge is -2.24. The zero-order valence-electron chi connectivity index (χ0n) is 11.0. The van der Waals surface area contributed by atoms with Crippen molar-refractivity contribution in [1.82, 2.24) is 0 Å². The van der Waals surface area contributed by atoms with Crippen molar-refractivity contribution in [3.8, 4) is 5.75 Å². The van der Waals surface area contributed by atoms with Gasteiger partial charge >= 0.3 is 5.97 Å². The van der Waals surface area contributed by atoms with Crippen LogP contribution in [0.2, 0.25) is 0 Å². The van der Waals surface area contributed by atoms with E-state index in [2.05, 4.69) is 37.2 Å². The van der Waals surface area contributed by atoms with E-state index in [0.717, 1.165) is 0 Å². The molecule has 3 rings (SSSR count). The molecular formula is C14H11Br2NO5. The molecule has 1 aromatic rings. The average molecular weight is 433 g/mol. The normalized spacial score (nSPS) is 29.7. The van der Waals surface area contributed by atoms with Gasteiger partial charge in [-0.1, -0.05) is 37.9 Å². The van der Waals surface area contributed by atoms with Crippen molar-refractivity contribution in [3.05, 3.63) is 33.2 Å². The maximum Gasteiger partial charge on any atom is 0.310 e. The maximum absolute atomic E-state index is 12.5. The van der Waals surface area contributed by atoms with Crippen LogP contribution >= 0.6 is 31.9 Å². The number of fused-ring (bicyclic) bond motifs is 2. The van der Waals surface area contributed by atoms with Crippen LogP contribution in [0, 0.1) is 11.8 Å². The molecule has 2 aliphatic rings.